The Morgan fingerprint density at radius 2 is 2.23 bits per heavy atom. The highest BCUT2D eigenvalue weighted by Crippen LogP contribution is 2.03. The van der Waals surface area contributed by atoms with E-state index in [9.17, 15) is 9.59 Å². The molecule has 0 atom stereocenters. The molecule has 0 amide bonds. The molecule has 70 valence electrons. The number of carboxylic acids is 1. The molecule has 1 N–H and O–H groups in total. The van der Waals surface area contributed by atoms with Gasteiger partial charge in [-0.25, -0.2) is 9.59 Å². The van der Waals surface area contributed by atoms with Crippen LogP contribution < -0.4 is 0 Å². The average Bonchev–Trinajstić information content (AvgIpc) is 2.46. The second kappa shape index (κ2) is 3.26. The van der Waals surface area contributed by atoms with E-state index in [1.54, 1.807) is 0 Å². The standard InChI is InChI=1S/C7H8N2O4/c1-9-5(6(10)11)3-4(8-9)7(12)13-2/h3H,1-2H3,(H,10,11). The monoisotopic (exact) mass is 184 g/mol. The fourth-order valence-electron chi connectivity index (χ4n) is 0.872. The number of aryl methyl sites for hydroxylation is 1. The second-order valence-electron chi connectivity index (χ2n) is 2.34. The Morgan fingerprint density at radius 1 is 1.62 bits per heavy atom. The van der Waals surface area contributed by atoms with Gasteiger partial charge in [0.15, 0.2) is 5.69 Å². The molecule has 0 saturated carbocycles. The Bertz CT molecular complexity index is 355. The predicted octanol–water partition coefficient (Wildman–Crippen LogP) is -0.0951. The number of hydrogen-bond acceptors (Lipinski definition) is 4. The highest BCUT2D eigenvalue weighted by Gasteiger charge is 2.16. The van der Waals surface area contributed by atoms with Crippen LogP contribution in [0.1, 0.15) is 21.0 Å². The third kappa shape index (κ3) is 1.66. The van der Waals surface area contributed by atoms with E-state index in [4.69, 9.17) is 5.11 Å². The molecule has 0 aliphatic rings. The highest BCUT2D eigenvalue weighted by atomic mass is 16.5. The molecule has 1 heterocycles. The van der Waals surface area contributed by atoms with Gasteiger partial charge in [-0.3, -0.25) is 4.68 Å². The molecule has 6 heteroatoms. The van der Waals surface area contributed by atoms with Crippen LogP contribution in [0.15, 0.2) is 6.07 Å². The van der Waals surface area contributed by atoms with Crippen LogP contribution >= 0.6 is 0 Å². The van der Waals surface area contributed by atoms with Gasteiger partial charge in [0.2, 0.25) is 0 Å². The van der Waals surface area contributed by atoms with E-state index in [0.29, 0.717) is 0 Å². The molecule has 0 bridgehead atoms. The molecule has 0 aliphatic carbocycles. The number of aromatic nitrogens is 2. The van der Waals surface area contributed by atoms with Crippen LogP contribution in [0.3, 0.4) is 0 Å². The molecule has 0 fully saturated rings. The van der Waals surface area contributed by atoms with Crippen molar-refractivity contribution in [3.63, 3.8) is 0 Å². The zero-order chi connectivity index (χ0) is 10.0. The van der Waals surface area contributed by atoms with Gasteiger partial charge >= 0.3 is 11.9 Å². The van der Waals surface area contributed by atoms with E-state index in [2.05, 4.69) is 9.84 Å². The SMILES string of the molecule is COC(=O)c1cc(C(=O)O)n(C)n1. The molecular weight excluding hydrogens is 176 g/mol. The van der Waals surface area contributed by atoms with Gasteiger partial charge in [0.1, 0.15) is 5.69 Å². The van der Waals surface area contributed by atoms with E-state index in [0.717, 1.165) is 10.7 Å². The van der Waals surface area contributed by atoms with Crippen LogP contribution in [0, 0.1) is 0 Å². The Balaban J connectivity index is 3.09. The zero-order valence-electron chi connectivity index (χ0n) is 7.14. The van der Waals surface area contributed by atoms with Gasteiger partial charge < -0.3 is 9.84 Å². The van der Waals surface area contributed by atoms with Crippen molar-refractivity contribution in [1.82, 2.24) is 9.78 Å². The fourth-order valence-corrected chi connectivity index (χ4v) is 0.872. The predicted molar refractivity (Wildman–Crippen MR) is 41.5 cm³/mol. The van der Waals surface area contributed by atoms with Crippen LogP contribution in [0.4, 0.5) is 0 Å². The fraction of sp³-hybridized carbons (Fsp3) is 0.286. The summed E-state index contributed by atoms with van der Waals surface area (Å²) >= 11 is 0. The first-order chi connectivity index (χ1) is 6.06. The van der Waals surface area contributed by atoms with E-state index in [1.165, 1.54) is 14.2 Å². The lowest BCUT2D eigenvalue weighted by atomic mass is 10.3. The van der Waals surface area contributed by atoms with Gasteiger partial charge in [-0.2, -0.15) is 5.10 Å². The molecular formula is C7H8N2O4. The van der Waals surface area contributed by atoms with E-state index in [1.807, 2.05) is 0 Å². The zero-order valence-corrected chi connectivity index (χ0v) is 7.14. The molecule has 0 spiro atoms. The Hall–Kier alpha value is -1.85. The summed E-state index contributed by atoms with van der Waals surface area (Å²) in [6.45, 7) is 0. The van der Waals surface area contributed by atoms with Crippen molar-refractivity contribution in [2.24, 2.45) is 7.05 Å². The van der Waals surface area contributed by atoms with E-state index < -0.39 is 11.9 Å². The quantitative estimate of drug-likeness (QED) is 0.649. The topological polar surface area (TPSA) is 81.4 Å². The van der Waals surface area contributed by atoms with Gasteiger partial charge in [-0.15, -0.1) is 0 Å². The minimum absolute atomic E-state index is 0.0117. The maximum absolute atomic E-state index is 10.9. The maximum atomic E-state index is 10.9. The van der Waals surface area contributed by atoms with Crippen LogP contribution in [0.2, 0.25) is 0 Å². The summed E-state index contributed by atoms with van der Waals surface area (Å²) in [7, 11) is 2.65. The Morgan fingerprint density at radius 3 is 2.62 bits per heavy atom. The van der Waals surface area contributed by atoms with Crippen LogP contribution in [0.25, 0.3) is 0 Å². The largest absolute Gasteiger partial charge is 0.477 e. The van der Waals surface area contributed by atoms with Gasteiger partial charge in [0.25, 0.3) is 0 Å². The molecule has 1 aromatic heterocycles. The van der Waals surface area contributed by atoms with Gasteiger partial charge in [0.05, 0.1) is 7.11 Å². The van der Waals surface area contributed by atoms with Crippen molar-refractivity contribution in [1.29, 1.82) is 0 Å². The molecule has 6 nitrogen and oxygen atoms in total. The lowest BCUT2D eigenvalue weighted by molar-refractivity contribution is 0.0592. The minimum atomic E-state index is -1.13. The molecule has 13 heavy (non-hydrogen) atoms. The first-order valence-corrected chi connectivity index (χ1v) is 3.42. The van der Waals surface area contributed by atoms with Gasteiger partial charge in [-0.05, 0) is 0 Å². The van der Waals surface area contributed by atoms with Crippen molar-refractivity contribution in [2.75, 3.05) is 7.11 Å². The normalized spacial score (nSPS) is 9.69. The number of carbonyl (C=O) groups is 2. The highest BCUT2D eigenvalue weighted by molar-refractivity contribution is 5.92. The van der Waals surface area contributed by atoms with Crippen molar-refractivity contribution in [3.8, 4) is 0 Å². The molecule has 1 aromatic rings. The third-order valence-corrected chi connectivity index (χ3v) is 1.49. The summed E-state index contributed by atoms with van der Waals surface area (Å²) in [5.74, 6) is -1.78. The van der Waals surface area contributed by atoms with Crippen molar-refractivity contribution >= 4 is 11.9 Å². The number of methoxy groups -OCH3 is 1. The van der Waals surface area contributed by atoms with Crippen molar-refractivity contribution in [2.45, 2.75) is 0 Å². The Kier molecular flexibility index (Phi) is 2.32. The molecule has 0 saturated heterocycles. The minimum Gasteiger partial charge on any atom is -0.477 e. The number of esters is 1. The van der Waals surface area contributed by atoms with Gasteiger partial charge in [0, 0.05) is 13.1 Å². The summed E-state index contributed by atoms with van der Waals surface area (Å²) in [4.78, 5) is 21.4. The summed E-state index contributed by atoms with van der Waals surface area (Å²) in [5.41, 5.74) is -0.0669. The van der Waals surface area contributed by atoms with E-state index >= 15 is 0 Å². The summed E-state index contributed by atoms with van der Waals surface area (Å²) in [6.07, 6.45) is 0. The third-order valence-electron chi connectivity index (χ3n) is 1.49. The first-order valence-electron chi connectivity index (χ1n) is 3.42. The smallest absolute Gasteiger partial charge is 0.358 e. The summed E-state index contributed by atoms with van der Waals surface area (Å²) < 4.78 is 5.48. The lowest BCUT2D eigenvalue weighted by Gasteiger charge is -1.91. The first kappa shape index (κ1) is 9.24. The summed E-state index contributed by atoms with van der Waals surface area (Å²) in [6, 6.07) is 1.16. The number of hydrogen-bond donors (Lipinski definition) is 1. The van der Waals surface area contributed by atoms with Crippen molar-refractivity contribution in [3.05, 3.63) is 17.5 Å². The van der Waals surface area contributed by atoms with Crippen molar-refractivity contribution < 1.29 is 19.4 Å². The number of ether oxygens (including phenoxy) is 1. The van der Waals surface area contributed by atoms with Crippen LogP contribution in [0.5, 0.6) is 0 Å². The maximum Gasteiger partial charge on any atom is 0.358 e. The molecule has 0 aliphatic heterocycles. The summed E-state index contributed by atoms with van der Waals surface area (Å²) in [5, 5.41) is 12.3. The number of nitrogens with zero attached hydrogens (tertiary/aromatic N) is 2. The molecule has 0 aromatic carbocycles. The molecule has 1 rings (SSSR count). The Labute approximate surface area is 73.7 Å². The van der Waals surface area contributed by atoms with Crippen LogP contribution in [-0.2, 0) is 11.8 Å². The number of carbonyl (C=O) groups excluding carboxylic acids is 1. The van der Waals surface area contributed by atoms with Crippen LogP contribution in [-0.4, -0.2) is 33.9 Å². The van der Waals surface area contributed by atoms with E-state index in [-0.39, 0.29) is 11.4 Å². The molecule has 0 radical (unpaired) electrons. The number of aromatic carboxylic acids is 1. The number of rotatable bonds is 2. The lowest BCUT2D eigenvalue weighted by Crippen LogP contribution is -2.05. The number of carboxylic acid groups (broad SMARTS) is 1. The second-order valence-corrected chi connectivity index (χ2v) is 2.34. The average molecular weight is 184 g/mol. The molecule has 0 unspecified atom stereocenters. The van der Waals surface area contributed by atoms with Gasteiger partial charge in [-0.1, -0.05) is 0 Å².